The van der Waals surface area contributed by atoms with Gasteiger partial charge in [-0.25, -0.2) is 9.97 Å². The first-order chi connectivity index (χ1) is 14.1. The van der Waals surface area contributed by atoms with E-state index in [0.29, 0.717) is 18.0 Å². The summed E-state index contributed by atoms with van der Waals surface area (Å²) in [6.07, 6.45) is 1.68. The van der Waals surface area contributed by atoms with Gasteiger partial charge in [-0.15, -0.1) is 0 Å². The Kier molecular flexibility index (Phi) is 5.20. The summed E-state index contributed by atoms with van der Waals surface area (Å²) < 4.78 is 5.51. The molecule has 2 aromatic carbocycles. The number of nitrogens with zero attached hydrogens (tertiary/aromatic N) is 2. The van der Waals surface area contributed by atoms with Gasteiger partial charge in [0.25, 0.3) is 5.91 Å². The van der Waals surface area contributed by atoms with Crippen molar-refractivity contribution in [3.63, 3.8) is 0 Å². The number of carbonyl (C=O) groups is 1. The average Bonchev–Trinajstić information content (AvgIpc) is 2.74. The Morgan fingerprint density at radius 1 is 1.03 bits per heavy atom. The largest absolute Gasteiger partial charge is 0.494 e. The summed E-state index contributed by atoms with van der Waals surface area (Å²) in [6, 6.07) is 20.9. The highest BCUT2D eigenvalue weighted by molar-refractivity contribution is 6.12. The van der Waals surface area contributed by atoms with Crippen molar-refractivity contribution in [2.45, 2.75) is 13.8 Å². The van der Waals surface area contributed by atoms with Crippen molar-refractivity contribution >= 4 is 22.6 Å². The molecule has 0 aliphatic carbocycles. The number of carbonyl (C=O) groups excluding carboxylic acids is 1. The fraction of sp³-hybridized carbons (Fsp3) is 0.125. The normalized spacial score (nSPS) is 10.7. The van der Waals surface area contributed by atoms with Crippen molar-refractivity contribution in [2.75, 3.05) is 11.9 Å². The number of anilines is 1. The molecular formula is C24H21N3O2. The number of ether oxygens (including phenoxy) is 1. The van der Waals surface area contributed by atoms with Crippen LogP contribution in [0.25, 0.3) is 22.2 Å². The van der Waals surface area contributed by atoms with Gasteiger partial charge in [-0.1, -0.05) is 18.2 Å². The monoisotopic (exact) mass is 383 g/mol. The molecule has 2 heterocycles. The topological polar surface area (TPSA) is 64.1 Å². The van der Waals surface area contributed by atoms with Crippen LogP contribution in [-0.4, -0.2) is 22.5 Å². The number of pyridine rings is 2. The van der Waals surface area contributed by atoms with Crippen LogP contribution in [0.5, 0.6) is 5.75 Å². The molecule has 0 bridgehead atoms. The Morgan fingerprint density at radius 3 is 2.59 bits per heavy atom. The average molecular weight is 383 g/mol. The smallest absolute Gasteiger partial charge is 0.257 e. The molecule has 29 heavy (non-hydrogen) atoms. The first-order valence-corrected chi connectivity index (χ1v) is 9.51. The second-order valence-corrected chi connectivity index (χ2v) is 6.70. The second-order valence-electron chi connectivity index (χ2n) is 6.70. The van der Waals surface area contributed by atoms with E-state index in [1.54, 1.807) is 6.20 Å². The predicted molar refractivity (Wildman–Crippen MR) is 115 cm³/mol. The van der Waals surface area contributed by atoms with Gasteiger partial charge in [0.1, 0.15) is 11.6 Å². The van der Waals surface area contributed by atoms with E-state index in [1.165, 1.54) is 0 Å². The van der Waals surface area contributed by atoms with Crippen molar-refractivity contribution in [2.24, 2.45) is 0 Å². The van der Waals surface area contributed by atoms with Gasteiger partial charge in [0.05, 0.1) is 23.4 Å². The number of rotatable bonds is 5. The SMILES string of the molecule is CCOc1ccc(-c2cc(C(=O)Nc3cc(C)ccn3)c3ccccc3n2)cc1. The molecule has 0 unspecified atom stereocenters. The zero-order chi connectivity index (χ0) is 20.2. The van der Waals surface area contributed by atoms with Gasteiger partial charge in [-0.05, 0) is 67.9 Å². The Labute approximate surface area is 169 Å². The number of aryl methyl sites for hydroxylation is 1. The molecule has 144 valence electrons. The number of nitrogens with one attached hydrogen (secondary N) is 1. The molecular weight excluding hydrogens is 362 g/mol. The summed E-state index contributed by atoms with van der Waals surface area (Å²) in [7, 11) is 0. The van der Waals surface area contributed by atoms with Gasteiger partial charge in [0, 0.05) is 17.1 Å². The summed E-state index contributed by atoms with van der Waals surface area (Å²) in [5.74, 6) is 1.12. The fourth-order valence-corrected chi connectivity index (χ4v) is 3.19. The molecule has 1 N–H and O–H groups in total. The second kappa shape index (κ2) is 8.10. The van der Waals surface area contributed by atoms with Crippen molar-refractivity contribution in [3.8, 4) is 17.0 Å². The fourth-order valence-electron chi connectivity index (χ4n) is 3.19. The van der Waals surface area contributed by atoms with Crippen molar-refractivity contribution < 1.29 is 9.53 Å². The predicted octanol–water partition coefficient (Wildman–Crippen LogP) is 5.26. The zero-order valence-corrected chi connectivity index (χ0v) is 16.3. The van der Waals surface area contributed by atoms with Crippen molar-refractivity contribution in [1.82, 2.24) is 9.97 Å². The molecule has 0 saturated carbocycles. The molecule has 1 amide bonds. The number of para-hydroxylation sites is 1. The van der Waals surface area contributed by atoms with Crippen LogP contribution in [0.3, 0.4) is 0 Å². The molecule has 0 saturated heterocycles. The van der Waals surface area contributed by atoms with E-state index in [1.807, 2.05) is 80.6 Å². The van der Waals surface area contributed by atoms with E-state index in [0.717, 1.165) is 33.5 Å². The molecule has 4 aromatic rings. The molecule has 2 aromatic heterocycles. The van der Waals surface area contributed by atoms with Crippen LogP contribution in [-0.2, 0) is 0 Å². The molecule has 5 nitrogen and oxygen atoms in total. The zero-order valence-electron chi connectivity index (χ0n) is 16.3. The third kappa shape index (κ3) is 4.09. The van der Waals surface area contributed by atoms with Crippen LogP contribution in [0, 0.1) is 6.92 Å². The Morgan fingerprint density at radius 2 is 1.83 bits per heavy atom. The number of fused-ring (bicyclic) bond motifs is 1. The molecule has 0 atom stereocenters. The first kappa shape index (κ1) is 18.6. The molecule has 0 spiro atoms. The molecule has 4 rings (SSSR count). The van der Waals surface area contributed by atoms with Gasteiger partial charge in [-0.2, -0.15) is 0 Å². The Balaban J connectivity index is 1.75. The van der Waals surface area contributed by atoms with Crippen molar-refractivity contribution in [1.29, 1.82) is 0 Å². The highest BCUT2D eigenvalue weighted by Crippen LogP contribution is 2.27. The minimum atomic E-state index is -0.214. The number of hydrogen-bond acceptors (Lipinski definition) is 4. The standard InChI is InChI=1S/C24H21N3O2/c1-3-29-18-10-8-17(9-11-18)22-15-20(19-6-4-5-7-21(19)26-22)24(28)27-23-14-16(2)12-13-25-23/h4-15H,3H2,1-2H3,(H,25,27,28). The molecule has 0 aliphatic heterocycles. The van der Waals surface area contributed by atoms with Crippen LogP contribution in [0.15, 0.2) is 72.9 Å². The van der Waals surface area contributed by atoms with Gasteiger partial charge in [0.15, 0.2) is 0 Å². The summed E-state index contributed by atoms with van der Waals surface area (Å²) >= 11 is 0. The number of aromatic nitrogens is 2. The lowest BCUT2D eigenvalue weighted by Crippen LogP contribution is -2.14. The summed E-state index contributed by atoms with van der Waals surface area (Å²) in [5, 5.41) is 3.70. The van der Waals surface area contributed by atoms with E-state index in [9.17, 15) is 4.79 Å². The summed E-state index contributed by atoms with van der Waals surface area (Å²) in [4.78, 5) is 22.0. The van der Waals surface area contributed by atoms with Gasteiger partial charge in [-0.3, -0.25) is 4.79 Å². The maximum atomic E-state index is 13.1. The maximum Gasteiger partial charge on any atom is 0.257 e. The van der Waals surface area contributed by atoms with Crippen molar-refractivity contribution in [3.05, 3.63) is 84.1 Å². The summed E-state index contributed by atoms with van der Waals surface area (Å²) in [6.45, 7) is 4.53. The van der Waals surface area contributed by atoms with E-state index in [2.05, 4.69) is 10.3 Å². The van der Waals surface area contributed by atoms with Crippen LogP contribution in [0.4, 0.5) is 5.82 Å². The summed E-state index contributed by atoms with van der Waals surface area (Å²) in [5.41, 5.74) is 4.00. The van der Waals surface area contributed by atoms with Gasteiger partial charge in [0.2, 0.25) is 0 Å². The third-order valence-corrected chi connectivity index (χ3v) is 4.58. The lowest BCUT2D eigenvalue weighted by atomic mass is 10.0. The molecule has 0 aliphatic rings. The maximum absolute atomic E-state index is 13.1. The Bertz CT molecular complexity index is 1170. The minimum Gasteiger partial charge on any atom is -0.494 e. The van der Waals surface area contributed by atoms with Crippen LogP contribution in [0.2, 0.25) is 0 Å². The first-order valence-electron chi connectivity index (χ1n) is 9.51. The highest BCUT2D eigenvalue weighted by atomic mass is 16.5. The third-order valence-electron chi connectivity index (χ3n) is 4.58. The van der Waals surface area contributed by atoms with E-state index >= 15 is 0 Å². The van der Waals surface area contributed by atoms with Gasteiger partial charge >= 0.3 is 0 Å². The molecule has 0 fully saturated rings. The number of benzene rings is 2. The van der Waals surface area contributed by atoms with Crippen LogP contribution in [0.1, 0.15) is 22.8 Å². The number of amides is 1. The number of hydrogen-bond donors (Lipinski definition) is 1. The quantitative estimate of drug-likeness (QED) is 0.511. The minimum absolute atomic E-state index is 0.214. The molecule has 5 heteroatoms. The lowest BCUT2D eigenvalue weighted by Gasteiger charge is -2.11. The van der Waals surface area contributed by atoms with E-state index in [4.69, 9.17) is 9.72 Å². The lowest BCUT2D eigenvalue weighted by molar-refractivity contribution is 0.102. The van der Waals surface area contributed by atoms with Crippen LogP contribution >= 0.6 is 0 Å². The van der Waals surface area contributed by atoms with Crippen LogP contribution < -0.4 is 10.1 Å². The van der Waals surface area contributed by atoms with E-state index < -0.39 is 0 Å². The van der Waals surface area contributed by atoms with Gasteiger partial charge < -0.3 is 10.1 Å². The highest BCUT2D eigenvalue weighted by Gasteiger charge is 2.15. The Hall–Kier alpha value is -3.73. The van der Waals surface area contributed by atoms with E-state index in [-0.39, 0.29) is 5.91 Å². The molecule has 0 radical (unpaired) electrons.